The summed E-state index contributed by atoms with van der Waals surface area (Å²) >= 11 is 1.43. The molecule has 2 aromatic rings. The van der Waals surface area contributed by atoms with E-state index >= 15 is 0 Å². The Balaban J connectivity index is 1.37. The number of piperidine rings is 1. The molecule has 0 aromatic carbocycles. The Kier molecular flexibility index (Phi) is 4.80. The van der Waals surface area contributed by atoms with Crippen LogP contribution in [0, 0.1) is 5.92 Å². The lowest BCUT2D eigenvalue weighted by Crippen LogP contribution is -2.37. The van der Waals surface area contributed by atoms with E-state index < -0.39 is 0 Å². The van der Waals surface area contributed by atoms with Gasteiger partial charge in [0.2, 0.25) is 5.13 Å². The van der Waals surface area contributed by atoms with Crippen LogP contribution in [-0.2, 0) is 30.7 Å². The van der Waals surface area contributed by atoms with Crippen LogP contribution in [0.4, 0.5) is 5.13 Å². The third-order valence-corrected chi connectivity index (χ3v) is 5.89. The summed E-state index contributed by atoms with van der Waals surface area (Å²) < 4.78 is 11.1. The molecule has 8 heteroatoms. The Bertz CT molecular complexity index is 795. The minimum Gasteiger partial charge on any atom is -0.377 e. The summed E-state index contributed by atoms with van der Waals surface area (Å²) in [4.78, 5) is 19.1. The number of fused-ring (bicyclic) bond motifs is 1. The molecular formula is C17H23N5O2S. The quantitative estimate of drug-likeness (QED) is 0.806. The van der Waals surface area contributed by atoms with Crippen molar-refractivity contribution in [1.82, 2.24) is 19.1 Å². The van der Waals surface area contributed by atoms with Gasteiger partial charge in [-0.15, -0.1) is 0 Å². The fourth-order valence-electron chi connectivity index (χ4n) is 3.68. The first-order chi connectivity index (χ1) is 12.2. The molecule has 7 nitrogen and oxygen atoms in total. The number of rotatable bonds is 5. The topological polar surface area (TPSA) is 73.1 Å². The van der Waals surface area contributed by atoms with Gasteiger partial charge in [0.25, 0.3) is 5.56 Å². The summed E-state index contributed by atoms with van der Waals surface area (Å²) in [7, 11) is 1.65. The number of ether oxygens (including phenoxy) is 1. The zero-order valence-electron chi connectivity index (χ0n) is 14.5. The van der Waals surface area contributed by atoms with Gasteiger partial charge in [-0.1, -0.05) is 0 Å². The molecule has 1 saturated heterocycles. The van der Waals surface area contributed by atoms with Crippen LogP contribution in [0.5, 0.6) is 0 Å². The van der Waals surface area contributed by atoms with E-state index in [2.05, 4.69) is 19.4 Å². The molecule has 25 heavy (non-hydrogen) atoms. The van der Waals surface area contributed by atoms with Crippen molar-refractivity contribution in [3.63, 3.8) is 0 Å². The number of hydrogen-bond donors (Lipinski definition) is 0. The van der Waals surface area contributed by atoms with Crippen molar-refractivity contribution in [3.05, 3.63) is 33.5 Å². The summed E-state index contributed by atoms with van der Waals surface area (Å²) in [5.41, 5.74) is 2.33. The molecule has 2 aromatic heterocycles. The van der Waals surface area contributed by atoms with Crippen LogP contribution in [-0.4, -0.2) is 39.3 Å². The molecule has 0 spiro atoms. The molecule has 0 bridgehead atoms. The summed E-state index contributed by atoms with van der Waals surface area (Å²) in [6.45, 7) is 3.09. The zero-order chi connectivity index (χ0) is 17.2. The third-order valence-electron chi connectivity index (χ3n) is 5.07. The van der Waals surface area contributed by atoms with Crippen molar-refractivity contribution in [2.24, 2.45) is 5.92 Å². The lowest BCUT2D eigenvalue weighted by Gasteiger charge is -2.31. The molecule has 0 radical (unpaired) electrons. The average Bonchev–Trinajstić information content (AvgIpc) is 3.25. The summed E-state index contributed by atoms with van der Waals surface area (Å²) in [6, 6.07) is 1.79. The van der Waals surface area contributed by atoms with Crippen molar-refractivity contribution >= 4 is 16.7 Å². The number of hydrogen-bond acceptors (Lipinski definition) is 7. The minimum absolute atomic E-state index is 0.0522. The second kappa shape index (κ2) is 7.21. The highest BCUT2D eigenvalue weighted by atomic mass is 32.1. The smallest absolute Gasteiger partial charge is 0.267 e. The van der Waals surface area contributed by atoms with E-state index in [1.54, 1.807) is 17.9 Å². The largest absolute Gasteiger partial charge is 0.377 e. The monoisotopic (exact) mass is 361 g/mol. The summed E-state index contributed by atoms with van der Waals surface area (Å²) in [5, 5.41) is 5.57. The Hall–Kier alpha value is -1.80. The molecule has 0 unspecified atom stereocenters. The minimum atomic E-state index is 0.0522. The van der Waals surface area contributed by atoms with Gasteiger partial charge in [-0.05, 0) is 43.6 Å². The molecule has 4 rings (SSSR count). The third kappa shape index (κ3) is 3.59. The van der Waals surface area contributed by atoms with Gasteiger partial charge in [0, 0.05) is 44.3 Å². The summed E-state index contributed by atoms with van der Waals surface area (Å²) in [6.07, 6.45) is 5.23. The van der Waals surface area contributed by atoms with Crippen molar-refractivity contribution in [2.75, 3.05) is 25.1 Å². The van der Waals surface area contributed by atoms with Gasteiger partial charge in [0.15, 0.2) is 5.82 Å². The molecule has 2 aliphatic rings. The predicted octanol–water partition coefficient (Wildman–Crippen LogP) is 1.65. The highest BCUT2D eigenvalue weighted by Crippen LogP contribution is 2.26. The SMILES string of the molecule is COCc1nsc(N2CCC(Cn3nc4c(cc3=O)CCC4)CC2)n1. The second-order valence-electron chi connectivity index (χ2n) is 6.85. The van der Waals surface area contributed by atoms with Crippen LogP contribution < -0.4 is 10.5 Å². The first kappa shape index (κ1) is 16.7. The van der Waals surface area contributed by atoms with Crippen LogP contribution in [0.3, 0.4) is 0 Å². The first-order valence-electron chi connectivity index (χ1n) is 8.89. The van der Waals surface area contributed by atoms with Crippen molar-refractivity contribution in [3.8, 4) is 0 Å². The Morgan fingerprint density at radius 3 is 2.96 bits per heavy atom. The lowest BCUT2D eigenvalue weighted by atomic mass is 9.97. The molecule has 0 atom stereocenters. The van der Waals surface area contributed by atoms with Crippen LogP contribution in [0.1, 0.15) is 36.3 Å². The van der Waals surface area contributed by atoms with Crippen molar-refractivity contribution < 1.29 is 4.74 Å². The van der Waals surface area contributed by atoms with E-state index in [0.29, 0.717) is 12.5 Å². The number of nitrogens with zero attached hydrogens (tertiary/aromatic N) is 5. The standard InChI is InChI=1S/C17H23N5O2S/c1-24-11-15-18-17(25-20-15)21-7-5-12(6-8-21)10-22-16(23)9-13-3-2-4-14(13)19-22/h9,12H,2-8,10-11H2,1H3. The maximum absolute atomic E-state index is 12.3. The first-order valence-corrected chi connectivity index (χ1v) is 9.66. The molecule has 0 N–H and O–H groups in total. The molecule has 0 amide bonds. The number of methoxy groups -OCH3 is 1. The molecular weight excluding hydrogens is 338 g/mol. The van der Waals surface area contributed by atoms with Crippen LogP contribution in [0.15, 0.2) is 10.9 Å². The Morgan fingerprint density at radius 1 is 1.32 bits per heavy atom. The van der Waals surface area contributed by atoms with E-state index in [1.165, 1.54) is 11.5 Å². The van der Waals surface area contributed by atoms with Gasteiger partial charge in [0.05, 0.1) is 5.69 Å². The molecule has 3 heterocycles. The predicted molar refractivity (Wildman–Crippen MR) is 96.1 cm³/mol. The van der Waals surface area contributed by atoms with E-state index in [-0.39, 0.29) is 5.56 Å². The molecule has 1 aliphatic heterocycles. The van der Waals surface area contributed by atoms with Gasteiger partial charge >= 0.3 is 0 Å². The molecule has 1 fully saturated rings. The van der Waals surface area contributed by atoms with Crippen LogP contribution >= 0.6 is 11.5 Å². The highest BCUT2D eigenvalue weighted by Gasteiger charge is 2.23. The van der Waals surface area contributed by atoms with Gasteiger partial charge in [-0.2, -0.15) is 9.47 Å². The van der Waals surface area contributed by atoms with Gasteiger partial charge in [-0.25, -0.2) is 9.67 Å². The fourth-order valence-corrected chi connectivity index (χ4v) is 4.41. The van der Waals surface area contributed by atoms with Gasteiger partial charge in [-0.3, -0.25) is 4.79 Å². The lowest BCUT2D eigenvalue weighted by molar-refractivity contribution is 0.179. The molecule has 0 saturated carbocycles. The molecule has 1 aliphatic carbocycles. The maximum atomic E-state index is 12.3. The summed E-state index contributed by atoms with van der Waals surface area (Å²) in [5.74, 6) is 1.24. The van der Waals surface area contributed by atoms with Gasteiger partial charge in [0.1, 0.15) is 6.61 Å². The van der Waals surface area contributed by atoms with Crippen LogP contribution in [0.25, 0.3) is 0 Å². The zero-order valence-corrected chi connectivity index (χ0v) is 15.3. The van der Waals surface area contributed by atoms with Crippen molar-refractivity contribution in [2.45, 2.75) is 45.3 Å². The number of anilines is 1. The molecule has 134 valence electrons. The van der Waals surface area contributed by atoms with Crippen LogP contribution in [0.2, 0.25) is 0 Å². The Labute approximate surface area is 150 Å². The highest BCUT2D eigenvalue weighted by molar-refractivity contribution is 7.09. The van der Waals surface area contributed by atoms with Crippen molar-refractivity contribution in [1.29, 1.82) is 0 Å². The van der Waals surface area contributed by atoms with E-state index in [1.807, 2.05) is 0 Å². The number of aryl methyl sites for hydroxylation is 2. The van der Waals surface area contributed by atoms with E-state index in [4.69, 9.17) is 4.74 Å². The number of aromatic nitrogens is 4. The van der Waals surface area contributed by atoms with E-state index in [0.717, 1.165) is 74.0 Å². The van der Waals surface area contributed by atoms with E-state index in [9.17, 15) is 4.79 Å². The Morgan fingerprint density at radius 2 is 2.16 bits per heavy atom. The maximum Gasteiger partial charge on any atom is 0.267 e. The normalized spacial score (nSPS) is 17.9. The average molecular weight is 361 g/mol. The second-order valence-corrected chi connectivity index (χ2v) is 7.58. The fraction of sp³-hybridized carbons (Fsp3) is 0.647. The van der Waals surface area contributed by atoms with Gasteiger partial charge < -0.3 is 9.64 Å².